The predicted molar refractivity (Wildman–Crippen MR) is 200 cm³/mol. The Morgan fingerprint density at radius 2 is 1.71 bits per heavy atom. The molecule has 1 aromatic heterocycles. The van der Waals surface area contributed by atoms with Gasteiger partial charge in [0.15, 0.2) is 5.75 Å². The Bertz CT molecular complexity index is 2600. The molecule has 56 heavy (non-hydrogen) atoms. The van der Waals surface area contributed by atoms with Crippen molar-refractivity contribution in [2.45, 2.75) is 18.4 Å². The van der Waals surface area contributed by atoms with Crippen LogP contribution < -0.4 is 21.1 Å². The maximum Gasteiger partial charge on any atom is 0.351 e. The third-order valence-corrected chi connectivity index (χ3v) is 10.3. The highest BCUT2D eigenvalue weighted by Crippen LogP contribution is 2.45. The Hall–Kier alpha value is -6.37. The molecule has 0 amide bonds. The number of phenols is 1. The van der Waals surface area contributed by atoms with E-state index in [0.29, 0.717) is 0 Å². The number of hydrogen-bond acceptors (Lipinski definition) is 18. The first-order valence-electron chi connectivity index (χ1n) is 16.0. The number of carboxylic acids is 1. The number of fused-ring (bicyclic) bond motifs is 1. The second-order valence-electron chi connectivity index (χ2n) is 11.6. The first kappa shape index (κ1) is 40.8. The fourth-order valence-corrected chi connectivity index (χ4v) is 6.66. The lowest BCUT2D eigenvalue weighted by Crippen LogP contribution is -2.28. The van der Waals surface area contributed by atoms with E-state index in [0.717, 1.165) is 21.5 Å². The molecule has 0 saturated carbocycles. The van der Waals surface area contributed by atoms with Gasteiger partial charge < -0.3 is 25.6 Å². The number of nitrogens with zero attached hydrogens (tertiary/aromatic N) is 6. The van der Waals surface area contributed by atoms with E-state index in [1.165, 1.54) is 75.7 Å². The van der Waals surface area contributed by atoms with Crippen LogP contribution in [0.25, 0.3) is 10.8 Å². The molecule has 0 atom stereocenters. The van der Waals surface area contributed by atoms with Gasteiger partial charge in [0.05, 0.1) is 28.4 Å². The Morgan fingerprint density at radius 3 is 2.38 bits per heavy atom. The number of aromatic amines is 1. The SMILES string of the molecule is CCN(C)S(=O)(=O)OCc1cc2cc(S(=O)(=O)ON(C)C)cc(Nc3nc(Nc4cccc(C(=O)O)c4)nc(=O)[nH]3)c2c(O)c1N=Nc1ccc(OC=O)cc1. The minimum Gasteiger partial charge on any atom is -0.505 e. The summed E-state index contributed by atoms with van der Waals surface area (Å²) in [4.78, 5) is 44.7. The van der Waals surface area contributed by atoms with Gasteiger partial charge in [0.1, 0.15) is 11.4 Å². The highest BCUT2D eigenvalue weighted by atomic mass is 32.2. The van der Waals surface area contributed by atoms with E-state index >= 15 is 0 Å². The van der Waals surface area contributed by atoms with Gasteiger partial charge in [-0.3, -0.25) is 14.0 Å². The van der Waals surface area contributed by atoms with Crippen molar-refractivity contribution in [2.24, 2.45) is 10.2 Å². The summed E-state index contributed by atoms with van der Waals surface area (Å²) in [6, 6.07) is 14.9. The normalized spacial score (nSPS) is 12.0. The molecule has 0 aliphatic carbocycles. The number of benzene rings is 4. The molecule has 0 fully saturated rings. The molecule has 0 unspecified atom stereocenters. The van der Waals surface area contributed by atoms with Gasteiger partial charge in [-0.05, 0) is 66.0 Å². The quantitative estimate of drug-likeness (QED) is 0.0503. The Morgan fingerprint density at radius 1 is 0.982 bits per heavy atom. The fourth-order valence-electron chi connectivity index (χ4n) is 4.87. The van der Waals surface area contributed by atoms with Crippen LogP contribution in [0.15, 0.2) is 86.6 Å². The van der Waals surface area contributed by atoms with Crippen LogP contribution >= 0.6 is 0 Å². The number of aromatic carboxylic acids is 1. The first-order valence-corrected chi connectivity index (χ1v) is 18.8. The number of nitrogens with one attached hydrogen (secondary N) is 3. The van der Waals surface area contributed by atoms with Gasteiger partial charge in [0.25, 0.3) is 6.47 Å². The third kappa shape index (κ3) is 9.83. The van der Waals surface area contributed by atoms with E-state index in [9.17, 15) is 41.4 Å². The fraction of sp³-hybridized carbons (Fsp3) is 0.182. The van der Waals surface area contributed by atoms with Crippen molar-refractivity contribution >= 4 is 78.3 Å². The molecule has 4 aromatic carbocycles. The number of carboxylic acid groups (broad SMARTS) is 1. The van der Waals surface area contributed by atoms with Crippen molar-refractivity contribution < 1.29 is 49.8 Å². The van der Waals surface area contributed by atoms with Crippen molar-refractivity contribution in [3.05, 3.63) is 88.3 Å². The number of carbonyl (C=O) groups excluding carboxylic acids is 1. The molecule has 23 heteroatoms. The summed E-state index contributed by atoms with van der Waals surface area (Å²) in [7, 11) is -4.87. The Balaban J connectivity index is 1.69. The van der Waals surface area contributed by atoms with Crippen LogP contribution in [0.4, 0.5) is 34.6 Å². The molecule has 0 aliphatic rings. The lowest BCUT2D eigenvalue weighted by molar-refractivity contribution is -0.120. The van der Waals surface area contributed by atoms with Crippen LogP contribution in [-0.4, -0.2) is 91.5 Å². The van der Waals surface area contributed by atoms with E-state index in [1.54, 1.807) is 6.92 Å². The van der Waals surface area contributed by atoms with E-state index in [-0.39, 0.29) is 75.3 Å². The average molecular weight is 812 g/mol. The van der Waals surface area contributed by atoms with E-state index in [2.05, 4.69) is 35.8 Å². The maximum atomic E-state index is 13.3. The van der Waals surface area contributed by atoms with Crippen LogP contribution in [0, 0.1) is 0 Å². The van der Waals surface area contributed by atoms with Gasteiger partial charge in [-0.15, -0.1) is 5.11 Å². The van der Waals surface area contributed by atoms with Crippen molar-refractivity contribution in [3.63, 3.8) is 0 Å². The van der Waals surface area contributed by atoms with Crippen molar-refractivity contribution in [2.75, 3.05) is 38.3 Å². The smallest absolute Gasteiger partial charge is 0.351 e. The Kier molecular flexibility index (Phi) is 12.4. The molecule has 0 bridgehead atoms. The minimum absolute atomic E-state index is 0.00262. The molecular weight excluding hydrogens is 779 g/mol. The third-order valence-electron chi connectivity index (χ3n) is 7.52. The summed E-state index contributed by atoms with van der Waals surface area (Å²) in [5.74, 6) is -2.22. The van der Waals surface area contributed by atoms with Crippen LogP contribution in [0.1, 0.15) is 22.8 Å². The van der Waals surface area contributed by atoms with Gasteiger partial charge in [-0.2, -0.15) is 45.6 Å². The predicted octanol–water partition coefficient (Wildman–Crippen LogP) is 4.05. The number of aromatic hydroxyl groups is 1. The molecule has 21 nitrogen and oxygen atoms in total. The number of phenolic OH excluding ortho intramolecular Hbond substituents is 1. The number of hydroxylamine groups is 2. The summed E-state index contributed by atoms with van der Waals surface area (Å²) in [6.07, 6.45) is 0. The summed E-state index contributed by atoms with van der Waals surface area (Å²) in [6.45, 7) is 1.20. The van der Waals surface area contributed by atoms with E-state index in [4.69, 9.17) is 13.2 Å². The van der Waals surface area contributed by atoms with Crippen LogP contribution in [0.5, 0.6) is 11.5 Å². The molecule has 0 saturated heterocycles. The number of azo groups is 1. The molecule has 5 rings (SSSR count). The van der Waals surface area contributed by atoms with Crippen LogP contribution in [0.2, 0.25) is 0 Å². The largest absolute Gasteiger partial charge is 0.505 e. The second-order valence-corrected chi connectivity index (χ2v) is 14.9. The lowest BCUT2D eigenvalue weighted by Gasteiger charge is -2.18. The first-order chi connectivity index (χ1) is 26.5. The zero-order valence-corrected chi connectivity index (χ0v) is 31.5. The molecule has 294 valence electrons. The highest BCUT2D eigenvalue weighted by molar-refractivity contribution is 7.86. The number of carbonyl (C=O) groups is 2. The number of ether oxygens (including phenoxy) is 1. The zero-order chi connectivity index (χ0) is 40.8. The van der Waals surface area contributed by atoms with E-state index in [1.807, 2.05) is 0 Å². The summed E-state index contributed by atoms with van der Waals surface area (Å²) in [5.41, 5.74) is -1.06. The number of rotatable bonds is 17. The number of hydrogen-bond donors (Lipinski definition) is 5. The van der Waals surface area contributed by atoms with Gasteiger partial charge in [0.2, 0.25) is 11.9 Å². The zero-order valence-electron chi connectivity index (χ0n) is 29.8. The molecule has 0 radical (unpaired) electrons. The summed E-state index contributed by atoms with van der Waals surface area (Å²) in [5, 5.41) is 35.9. The summed E-state index contributed by atoms with van der Waals surface area (Å²) >= 11 is 0. The van der Waals surface area contributed by atoms with Gasteiger partial charge in [0, 0.05) is 44.3 Å². The molecule has 5 N–H and O–H groups in total. The van der Waals surface area contributed by atoms with Crippen molar-refractivity contribution in [3.8, 4) is 11.5 Å². The number of H-pyrrole nitrogens is 1. The highest BCUT2D eigenvalue weighted by Gasteiger charge is 2.25. The van der Waals surface area contributed by atoms with Gasteiger partial charge in [-0.1, -0.05) is 13.0 Å². The van der Waals surface area contributed by atoms with Gasteiger partial charge >= 0.3 is 32.1 Å². The molecule has 0 spiro atoms. The molecular formula is C33H33N9O12S2. The van der Waals surface area contributed by atoms with Gasteiger partial charge in [-0.25, -0.2) is 9.59 Å². The van der Waals surface area contributed by atoms with E-state index < -0.39 is 49.3 Å². The monoisotopic (exact) mass is 811 g/mol. The standard InChI is InChI=1S/C33H33N9O12S2/c1-5-42(4)56(50,51)53-17-21-13-20-15-25(55(48,49)54-41(2)3)16-26(27(20)29(44)28(21)40-39-22-9-11-24(12-10-22)52-18-43)35-32-36-31(37-33(47)38-32)34-23-8-6-7-19(14-23)30(45)46/h6-16,18,44H,5,17H2,1-4H3,(H,45,46)(H3,34,35,36,37,38,47). The Labute approximate surface area is 318 Å². The van der Waals surface area contributed by atoms with Crippen molar-refractivity contribution in [1.29, 1.82) is 0 Å². The second kappa shape index (κ2) is 17.0. The topological polar surface area (TPSA) is 284 Å². The lowest BCUT2D eigenvalue weighted by atomic mass is 10.0. The van der Waals surface area contributed by atoms with Crippen LogP contribution in [-0.2, 0) is 40.3 Å². The van der Waals surface area contributed by atoms with Crippen molar-refractivity contribution in [1.82, 2.24) is 24.3 Å². The average Bonchev–Trinajstić information content (AvgIpc) is 3.13. The number of aromatic nitrogens is 3. The molecule has 0 aliphatic heterocycles. The maximum absolute atomic E-state index is 13.3. The molecule has 5 aromatic rings. The van der Waals surface area contributed by atoms with Crippen LogP contribution in [0.3, 0.4) is 0 Å². The minimum atomic E-state index is -4.54. The molecule has 1 heterocycles. The number of anilines is 4. The summed E-state index contributed by atoms with van der Waals surface area (Å²) < 4.78 is 68.3.